The number of amides is 1. The van der Waals surface area contributed by atoms with Gasteiger partial charge in [0.05, 0.1) is 18.8 Å². The van der Waals surface area contributed by atoms with Crippen LogP contribution in [0.3, 0.4) is 0 Å². The zero-order valence-corrected chi connectivity index (χ0v) is 17.9. The van der Waals surface area contributed by atoms with E-state index >= 15 is 0 Å². The number of ether oxygens (including phenoxy) is 2. The molecular weight excluding hydrogens is 430 g/mol. The number of hydrogen-bond acceptors (Lipinski definition) is 3. The summed E-state index contributed by atoms with van der Waals surface area (Å²) in [5.41, 5.74) is 2.46. The van der Waals surface area contributed by atoms with Crippen LogP contribution in [0, 0.1) is 0 Å². The monoisotopic (exact) mass is 453 g/mol. The highest BCUT2D eigenvalue weighted by atomic mass is 79.9. The van der Waals surface area contributed by atoms with E-state index in [1.54, 1.807) is 12.1 Å². The molecule has 4 nitrogen and oxygen atoms in total. The van der Waals surface area contributed by atoms with Crippen molar-refractivity contribution in [1.29, 1.82) is 0 Å². The van der Waals surface area contributed by atoms with Crippen molar-refractivity contribution in [3.05, 3.63) is 88.4 Å². The van der Waals surface area contributed by atoms with Gasteiger partial charge in [0.25, 0.3) is 5.91 Å². The minimum Gasteiger partial charge on any atom is -0.494 e. The van der Waals surface area contributed by atoms with E-state index in [1.165, 1.54) is 5.56 Å². The molecule has 0 unspecified atom stereocenters. The number of rotatable bonds is 9. The first kappa shape index (κ1) is 20.9. The molecule has 0 atom stereocenters. The topological polar surface area (TPSA) is 47.6 Å². The van der Waals surface area contributed by atoms with Gasteiger partial charge < -0.3 is 14.8 Å². The van der Waals surface area contributed by atoms with Gasteiger partial charge in [-0.25, -0.2) is 0 Å². The quantitative estimate of drug-likeness (QED) is 0.397. The van der Waals surface area contributed by atoms with Crippen LogP contribution in [0.4, 0.5) is 5.69 Å². The molecule has 0 radical (unpaired) electrons. The maximum atomic E-state index is 12.7. The average Bonchev–Trinajstić information content (AvgIpc) is 2.74. The molecule has 0 fully saturated rings. The minimum atomic E-state index is -0.226. The first-order chi connectivity index (χ1) is 14.2. The first-order valence-electron chi connectivity index (χ1n) is 9.66. The van der Waals surface area contributed by atoms with Gasteiger partial charge in [0, 0.05) is 16.2 Å². The molecule has 0 aliphatic heterocycles. The summed E-state index contributed by atoms with van der Waals surface area (Å²) in [6, 6.07) is 23.2. The smallest absolute Gasteiger partial charge is 0.259 e. The van der Waals surface area contributed by atoms with Crippen molar-refractivity contribution >= 4 is 27.5 Å². The number of hydrogen-bond donors (Lipinski definition) is 1. The van der Waals surface area contributed by atoms with Gasteiger partial charge in [0.2, 0.25) is 0 Å². The van der Waals surface area contributed by atoms with Gasteiger partial charge in [-0.2, -0.15) is 0 Å². The average molecular weight is 454 g/mol. The van der Waals surface area contributed by atoms with Crippen LogP contribution in [0.1, 0.15) is 29.3 Å². The van der Waals surface area contributed by atoms with Crippen molar-refractivity contribution < 1.29 is 14.3 Å². The van der Waals surface area contributed by atoms with Crippen molar-refractivity contribution in [2.75, 3.05) is 18.5 Å². The van der Waals surface area contributed by atoms with E-state index in [0.717, 1.165) is 23.1 Å². The lowest BCUT2D eigenvalue weighted by Crippen LogP contribution is -2.14. The largest absolute Gasteiger partial charge is 0.494 e. The van der Waals surface area contributed by atoms with Gasteiger partial charge >= 0.3 is 0 Å². The molecule has 0 aliphatic carbocycles. The van der Waals surface area contributed by atoms with Gasteiger partial charge in [-0.1, -0.05) is 52.3 Å². The Morgan fingerprint density at radius 1 is 0.966 bits per heavy atom. The minimum absolute atomic E-state index is 0.226. The third-order valence-electron chi connectivity index (χ3n) is 4.30. The standard InChI is InChI=1S/C24H24BrNO3/c1-2-28-23-14-13-19(25)16-22(23)24(27)26-20-11-6-12-21(17-20)29-15-7-10-18-8-4-3-5-9-18/h3-6,8-9,11-14,16-17H,2,7,10,15H2,1H3,(H,26,27). The number of anilines is 1. The number of nitrogens with one attached hydrogen (secondary N) is 1. The molecular formula is C24H24BrNO3. The van der Waals surface area contributed by atoms with Crippen LogP contribution in [-0.4, -0.2) is 19.1 Å². The number of benzene rings is 3. The molecule has 5 heteroatoms. The van der Waals surface area contributed by atoms with E-state index in [1.807, 2.05) is 55.5 Å². The number of aryl methyl sites for hydroxylation is 1. The summed E-state index contributed by atoms with van der Waals surface area (Å²) in [7, 11) is 0. The zero-order chi connectivity index (χ0) is 20.5. The molecule has 0 aliphatic rings. The maximum Gasteiger partial charge on any atom is 0.259 e. The second kappa shape index (κ2) is 10.7. The Labute approximate surface area is 180 Å². The molecule has 0 saturated heterocycles. The highest BCUT2D eigenvalue weighted by Gasteiger charge is 2.14. The van der Waals surface area contributed by atoms with Gasteiger partial charge in [0.15, 0.2) is 0 Å². The van der Waals surface area contributed by atoms with E-state index in [9.17, 15) is 4.79 Å². The van der Waals surface area contributed by atoms with E-state index in [-0.39, 0.29) is 5.91 Å². The molecule has 3 aromatic rings. The molecule has 150 valence electrons. The molecule has 0 aromatic heterocycles. The summed E-state index contributed by atoms with van der Waals surface area (Å²) in [5.74, 6) is 1.06. The fourth-order valence-electron chi connectivity index (χ4n) is 2.93. The number of carbonyl (C=O) groups excluding carboxylic acids is 1. The van der Waals surface area contributed by atoms with Crippen molar-refractivity contribution in [2.24, 2.45) is 0 Å². The van der Waals surface area contributed by atoms with Crippen molar-refractivity contribution in [1.82, 2.24) is 0 Å². The van der Waals surface area contributed by atoms with Crippen LogP contribution in [0.2, 0.25) is 0 Å². The molecule has 0 heterocycles. The third kappa shape index (κ3) is 6.36. The predicted octanol–water partition coefficient (Wildman–Crippen LogP) is 6.11. The molecule has 29 heavy (non-hydrogen) atoms. The SMILES string of the molecule is CCOc1ccc(Br)cc1C(=O)Nc1cccc(OCCCc2ccccc2)c1. The van der Waals surface area contributed by atoms with Crippen LogP contribution in [-0.2, 0) is 6.42 Å². The van der Waals surface area contributed by atoms with E-state index < -0.39 is 0 Å². The first-order valence-corrected chi connectivity index (χ1v) is 10.5. The van der Waals surface area contributed by atoms with Crippen LogP contribution in [0.5, 0.6) is 11.5 Å². The molecule has 3 rings (SSSR count). The number of halogens is 1. The third-order valence-corrected chi connectivity index (χ3v) is 4.79. The summed E-state index contributed by atoms with van der Waals surface area (Å²) in [6.07, 6.45) is 1.90. The van der Waals surface area contributed by atoms with Crippen LogP contribution in [0.15, 0.2) is 77.3 Å². The Bertz CT molecular complexity index is 944. The van der Waals surface area contributed by atoms with Crippen molar-refractivity contribution in [3.8, 4) is 11.5 Å². The Morgan fingerprint density at radius 3 is 2.59 bits per heavy atom. The van der Waals surface area contributed by atoms with Gasteiger partial charge in [0.1, 0.15) is 11.5 Å². The second-order valence-electron chi connectivity index (χ2n) is 6.49. The van der Waals surface area contributed by atoms with Crippen molar-refractivity contribution in [2.45, 2.75) is 19.8 Å². The molecule has 0 saturated carbocycles. The van der Waals surface area contributed by atoms with Crippen LogP contribution < -0.4 is 14.8 Å². The Hall–Kier alpha value is -2.79. The van der Waals surface area contributed by atoms with Gasteiger partial charge in [-0.15, -0.1) is 0 Å². The highest BCUT2D eigenvalue weighted by molar-refractivity contribution is 9.10. The van der Waals surface area contributed by atoms with Crippen molar-refractivity contribution in [3.63, 3.8) is 0 Å². The zero-order valence-electron chi connectivity index (χ0n) is 16.4. The highest BCUT2D eigenvalue weighted by Crippen LogP contribution is 2.25. The summed E-state index contributed by atoms with van der Waals surface area (Å²) in [4.78, 5) is 12.7. The molecule has 0 spiro atoms. The Balaban J connectivity index is 1.58. The fourth-order valence-corrected chi connectivity index (χ4v) is 3.30. The molecule has 0 bridgehead atoms. The van der Waals surface area contributed by atoms with E-state index in [0.29, 0.717) is 30.2 Å². The molecule has 1 N–H and O–H groups in total. The lowest BCUT2D eigenvalue weighted by Gasteiger charge is -2.12. The summed E-state index contributed by atoms with van der Waals surface area (Å²) < 4.78 is 12.2. The second-order valence-corrected chi connectivity index (χ2v) is 7.41. The normalized spacial score (nSPS) is 10.4. The Morgan fingerprint density at radius 2 is 1.79 bits per heavy atom. The summed E-state index contributed by atoms with van der Waals surface area (Å²) in [5, 5.41) is 2.92. The lowest BCUT2D eigenvalue weighted by atomic mass is 10.1. The van der Waals surface area contributed by atoms with Gasteiger partial charge in [-0.05, 0) is 55.7 Å². The predicted molar refractivity (Wildman–Crippen MR) is 120 cm³/mol. The van der Waals surface area contributed by atoms with Crippen LogP contribution in [0.25, 0.3) is 0 Å². The van der Waals surface area contributed by atoms with Gasteiger partial charge in [-0.3, -0.25) is 4.79 Å². The maximum absolute atomic E-state index is 12.7. The van der Waals surface area contributed by atoms with E-state index in [2.05, 4.69) is 33.4 Å². The van der Waals surface area contributed by atoms with Crippen LogP contribution >= 0.6 is 15.9 Å². The lowest BCUT2D eigenvalue weighted by molar-refractivity contribution is 0.102. The summed E-state index contributed by atoms with van der Waals surface area (Å²) >= 11 is 3.41. The number of carbonyl (C=O) groups is 1. The van der Waals surface area contributed by atoms with E-state index in [4.69, 9.17) is 9.47 Å². The summed E-state index contributed by atoms with van der Waals surface area (Å²) in [6.45, 7) is 3.00. The Kier molecular flexibility index (Phi) is 7.70. The fraction of sp³-hybridized carbons (Fsp3) is 0.208. The molecule has 3 aromatic carbocycles. The molecule has 1 amide bonds.